The van der Waals surface area contributed by atoms with Crippen molar-refractivity contribution >= 4 is 28.4 Å². The van der Waals surface area contributed by atoms with E-state index < -0.39 is 0 Å². The monoisotopic (exact) mass is 408 g/mol. The van der Waals surface area contributed by atoms with Crippen molar-refractivity contribution in [1.29, 1.82) is 0 Å². The van der Waals surface area contributed by atoms with Crippen molar-refractivity contribution in [2.24, 2.45) is 5.92 Å². The summed E-state index contributed by atoms with van der Waals surface area (Å²) < 4.78 is 6.55. The van der Waals surface area contributed by atoms with Crippen molar-refractivity contribution in [3.63, 3.8) is 0 Å². The van der Waals surface area contributed by atoms with Crippen LogP contribution in [0.5, 0.6) is 0 Å². The van der Waals surface area contributed by atoms with Gasteiger partial charge in [0.25, 0.3) is 5.56 Å². The zero-order chi connectivity index (χ0) is 20.9. The van der Waals surface area contributed by atoms with E-state index >= 15 is 0 Å². The number of carbonyl (C=O) groups is 1. The van der Waals surface area contributed by atoms with Crippen molar-refractivity contribution in [1.82, 2.24) is 19.5 Å². The van der Waals surface area contributed by atoms with Crippen LogP contribution in [0.15, 0.2) is 47.8 Å². The number of carbonyl (C=O) groups excluding carboxylic acids is 1. The number of rotatable bonds is 6. The number of hydrogen-bond donors (Lipinski definition) is 1. The normalized spacial score (nSPS) is 16.6. The molecule has 1 aliphatic rings. The highest BCUT2D eigenvalue weighted by Gasteiger charge is 2.27. The van der Waals surface area contributed by atoms with Crippen LogP contribution < -0.4 is 15.8 Å². The van der Waals surface area contributed by atoms with Gasteiger partial charge in [-0.1, -0.05) is 0 Å². The van der Waals surface area contributed by atoms with Gasteiger partial charge in [0.1, 0.15) is 0 Å². The molecular weight excluding hydrogens is 384 g/mol. The first-order valence-corrected chi connectivity index (χ1v) is 9.96. The molecule has 1 amide bonds. The molecule has 2 aromatic heterocycles. The molecule has 1 saturated heterocycles. The number of nitrogens with zero attached hydrogens (tertiary/aromatic N) is 5. The van der Waals surface area contributed by atoms with E-state index in [2.05, 4.69) is 20.3 Å². The summed E-state index contributed by atoms with van der Waals surface area (Å²) in [5.41, 5.74) is 1.03. The Morgan fingerprint density at radius 3 is 2.90 bits per heavy atom. The van der Waals surface area contributed by atoms with Crippen LogP contribution in [0.4, 0.5) is 11.6 Å². The summed E-state index contributed by atoms with van der Waals surface area (Å²) in [7, 11) is 1.59. The van der Waals surface area contributed by atoms with Crippen molar-refractivity contribution in [3.8, 4) is 0 Å². The van der Waals surface area contributed by atoms with E-state index in [4.69, 9.17) is 4.74 Å². The van der Waals surface area contributed by atoms with Crippen molar-refractivity contribution in [2.75, 3.05) is 37.0 Å². The molecule has 1 aromatic carbocycles. The molecular formula is C21H24N6O3. The zero-order valence-corrected chi connectivity index (χ0v) is 16.8. The van der Waals surface area contributed by atoms with Gasteiger partial charge in [-0.15, -0.1) is 0 Å². The number of piperidine rings is 1. The molecule has 9 heteroatoms. The van der Waals surface area contributed by atoms with Gasteiger partial charge < -0.3 is 15.0 Å². The molecule has 9 nitrogen and oxygen atoms in total. The molecule has 0 unspecified atom stereocenters. The highest BCUT2D eigenvalue weighted by molar-refractivity contribution is 5.95. The van der Waals surface area contributed by atoms with Crippen LogP contribution in [0.2, 0.25) is 0 Å². The molecule has 156 valence electrons. The Kier molecular flexibility index (Phi) is 5.99. The number of nitrogens with one attached hydrogen (secondary N) is 1. The summed E-state index contributed by atoms with van der Waals surface area (Å²) in [6, 6.07) is 6.98. The van der Waals surface area contributed by atoms with Crippen molar-refractivity contribution in [2.45, 2.75) is 19.4 Å². The number of benzene rings is 1. The predicted molar refractivity (Wildman–Crippen MR) is 113 cm³/mol. The van der Waals surface area contributed by atoms with E-state index in [1.807, 2.05) is 4.90 Å². The Morgan fingerprint density at radius 1 is 1.27 bits per heavy atom. The number of aromatic nitrogens is 4. The lowest BCUT2D eigenvalue weighted by molar-refractivity contribution is -0.120. The molecule has 1 N–H and O–H groups in total. The Labute approximate surface area is 173 Å². The summed E-state index contributed by atoms with van der Waals surface area (Å²) in [6.45, 7) is 2.24. The van der Waals surface area contributed by atoms with Gasteiger partial charge in [0, 0.05) is 38.3 Å². The van der Waals surface area contributed by atoms with Crippen LogP contribution >= 0.6 is 0 Å². The molecule has 4 rings (SSSR count). The topological polar surface area (TPSA) is 102 Å². The van der Waals surface area contributed by atoms with Gasteiger partial charge in [0.2, 0.25) is 11.9 Å². The molecule has 1 fully saturated rings. The number of methoxy groups -OCH3 is 1. The Hall–Kier alpha value is -3.33. The summed E-state index contributed by atoms with van der Waals surface area (Å²) in [5, 5.41) is 3.43. The lowest BCUT2D eigenvalue weighted by atomic mass is 9.97. The number of ether oxygens (including phenoxy) is 1. The molecule has 3 aromatic rings. The standard InChI is InChI=1S/C21H24N6O3/c1-30-11-10-27-14-24-18-6-5-16(12-17(18)20(27)29)25-19(28)15-4-2-9-26(13-15)21-22-7-3-8-23-21/h3,5-8,12,14-15H,2,4,9-11,13H2,1H3,(H,25,28)/t15-/m0/s1. The lowest BCUT2D eigenvalue weighted by Crippen LogP contribution is -2.41. The highest BCUT2D eigenvalue weighted by Crippen LogP contribution is 2.22. The smallest absolute Gasteiger partial charge is 0.261 e. The maximum Gasteiger partial charge on any atom is 0.261 e. The quantitative estimate of drug-likeness (QED) is 0.662. The maximum absolute atomic E-state index is 12.9. The summed E-state index contributed by atoms with van der Waals surface area (Å²) in [4.78, 5) is 40.5. The second-order valence-corrected chi connectivity index (χ2v) is 7.29. The number of anilines is 2. The first kappa shape index (κ1) is 20.0. The third-order valence-electron chi connectivity index (χ3n) is 5.26. The second-order valence-electron chi connectivity index (χ2n) is 7.29. The number of hydrogen-bond acceptors (Lipinski definition) is 7. The van der Waals surface area contributed by atoms with Gasteiger partial charge in [0.15, 0.2) is 0 Å². The van der Waals surface area contributed by atoms with Gasteiger partial charge in [-0.2, -0.15) is 0 Å². The van der Waals surface area contributed by atoms with E-state index in [1.54, 1.807) is 43.8 Å². The third kappa shape index (κ3) is 4.30. The average Bonchev–Trinajstić information content (AvgIpc) is 2.79. The van der Waals surface area contributed by atoms with Gasteiger partial charge in [0.05, 0.1) is 36.3 Å². The molecule has 0 radical (unpaired) electrons. The minimum atomic E-state index is -0.175. The molecule has 3 heterocycles. The van der Waals surface area contributed by atoms with E-state index in [0.29, 0.717) is 42.2 Å². The van der Waals surface area contributed by atoms with E-state index in [1.165, 1.54) is 10.9 Å². The predicted octanol–water partition coefficient (Wildman–Crippen LogP) is 1.69. The van der Waals surface area contributed by atoms with E-state index in [9.17, 15) is 9.59 Å². The number of amides is 1. The Bertz CT molecular complexity index is 1090. The van der Waals surface area contributed by atoms with Crippen LogP contribution in [-0.4, -0.2) is 52.2 Å². The molecule has 1 aliphatic heterocycles. The summed E-state index contributed by atoms with van der Waals surface area (Å²) in [6.07, 6.45) is 6.61. The van der Waals surface area contributed by atoms with Crippen LogP contribution in [-0.2, 0) is 16.1 Å². The van der Waals surface area contributed by atoms with E-state index in [0.717, 1.165) is 19.4 Å². The average molecular weight is 408 g/mol. The van der Waals surface area contributed by atoms with Crippen LogP contribution in [0.25, 0.3) is 10.9 Å². The van der Waals surface area contributed by atoms with Crippen molar-refractivity contribution < 1.29 is 9.53 Å². The number of fused-ring (bicyclic) bond motifs is 1. The fraction of sp³-hybridized carbons (Fsp3) is 0.381. The minimum absolute atomic E-state index is 0.0708. The van der Waals surface area contributed by atoms with Gasteiger partial charge in [-0.25, -0.2) is 15.0 Å². The molecule has 0 spiro atoms. The van der Waals surface area contributed by atoms with Gasteiger partial charge >= 0.3 is 0 Å². The molecule has 30 heavy (non-hydrogen) atoms. The molecule has 0 aliphatic carbocycles. The minimum Gasteiger partial charge on any atom is -0.383 e. The fourth-order valence-corrected chi connectivity index (χ4v) is 3.66. The molecule has 1 atom stereocenters. The summed E-state index contributed by atoms with van der Waals surface area (Å²) >= 11 is 0. The van der Waals surface area contributed by atoms with Gasteiger partial charge in [-0.05, 0) is 37.1 Å². The van der Waals surface area contributed by atoms with E-state index in [-0.39, 0.29) is 17.4 Å². The SMILES string of the molecule is COCCn1cnc2ccc(NC(=O)[C@H]3CCCN(c4ncccn4)C3)cc2c1=O. The van der Waals surface area contributed by atoms with Gasteiger partial charge in [-0.3, -0.25) is 14.2 Å². The highest BCUT2D eigenvalue weighted by atomic mass is 16.5. The first-order valence-electron chi connectivity index (χ1n) is 9.96. The molecule has 0 saturated carbocycles. The van der Waals surface area contributed by atoms with Crippen LogP contribution in [0.3, 0.4) is 0 Å². The zero-order valence-electron chi connectivity index (χ0n) is 16.8. The lowest BCUT2D eigenvalue weighted by Gasteiger charge is -2.31. The fourth-order valence-electron chi connectivity index (χ4n) is 3.66. The van der Waals surface area contributed by atoms with Crippen LogP contribution in [0, 0.1) is 5.92 Å². The van der Waals surface area contributed by atoms with Crippen LogP contribution in [0.1, 0.15) is 12.8 Å². The second kappa shape index (κ2) is 9.00. The largest absolute Gasteiger partial charge is 0.383 e. The summed E-state index contributed by atoms with van der Waals surface area (Å²) in [5.74, 6) is 0.396. The molecule has 0 bridgehead atoms. The Balaban J connectivity index is 1.49. The van der Waals surface area contributed by atoms with Crippen molar-refractivity contribution in [3.05, 3.63) is 53.3 Å². The third-order valence-corrected chi connectivity index (χ3v) is 5.26. The first-order chi connectivity index (χ1) is 14.7. The Morgan fingerprint density at radius 2 is 2.10 bits per heavy atom. The maximum atomic E-state index is 12.9.